The van der Waals surface area contributed by atoms with Gasteiger partial charge in [-0.1, -0.05) is 40.0 Å². The van der Waals surface area contributed by atoms with Gasteiger partial charge in [-0.2, -0.15) is 0 Å². The van der Waals surface area contributed by atoms with Gasteiger partial charge in [-0.15, -0.1) is 0 Å². The van der Waals surface area contributed by atoms with Gasteiger partial charge in [0.05, 0.1) is 11.7 Å². The molecule has 2 nitrogen and oxygen atoms in total. The first-order valence-electron chi connectivity index (χ1n) is 8.51. The maximum atomic E-state index is 6.45. The van der Waals surface area contributed by atoms with Crippen LogP contribution in [0, 0.1) is 5.92 Å². The summed E-state index contributed by atoms with van der Waals surface area (Å²) in [6.07, 6.45) is 12.6. The molecule has 0 amide bonds. The van der Waals surface area contributed by atoms with Gasteiger partial charge in [-0.05, 0) is 51.0 Å². The van der Waals surface area contributed by atoms with Crippen molar-refractivity contribution in [2.75, 3.05) is 6.54 Å². The summed E-state index contributed by atoms with van der Waals surface area (Å²) in [5.41, 5.74) is 0.308. The lowest BCUT2D eigenvalue weighted by Gasteiger charge is -2.33. The SMILES string of the molecule is CC(CCC1CCC2(CCCCC2)O1)CNC(C)C. The van der Waals surface area contributed by atoms with Gasteiger partial charge in [-0.25, -0.2) is 0 Å². The molecule has 0 aromatic rings. The van der Waals surface area contributed by atoms with Crippen LogP contribution in [-0.2, 0) is 4.74 Å². The number of ether oxygens (including phenoxy) is 1. The molecular formula is C17H33NO. The van der Waals surface area contributed by atoms with E-state index in [2.05, 4.69) is 26.1 Å². The third kappa shape index (κ3) is 4.75. The van der Waals surface area contributed by atoms with Gasteiger partial charge in [0.15, 0.2) is 0 Å². The van der Waals surface area contributed by atoms with Crippen molar-refractivity contribution in [1.29, 1.82) is 0 Å². The molecule has 1 spiro atoms. The summed E-state index contributed by atoms with van der Waals surface area (Å²) >= 11 is 0. The molecule has 0 aromatic heterocycles. The highest BCUT2D eigenvalue weighted by Gasteiger charge is 2.40. The van der Waals surface area contributed by atoms with Crippen LogP contribution in [0.5, 0.6) is 0 Å². The van der Waals surface area contributed by atoms with Crippen molar-refractivity contribution < 1.29 is 4.74 Å². The summed E-state index contributed by atoms with van der Waals surface area (Å²) in [6.45, 7) is 7.95. The molecule has 2 heteroatoms. The molecule has 1 saturated heterocycles. The highest BCUT2D eigenvalue weighted by Crippen LogP contribution is 2.42. The van der Waals surface area contributed by atoms with E-state index in [0.29, 0.717) is 17.7 Å². The van der Waals surface area contributed by atoms with Gasteiger partial charge in [0.1, 0.15) is 0 Å². The Morgan fingerprint density at radius 3 is 2.53 bits per heavy atom. The summed E-state index contributed by atoms with van der Waals surface area (Å²) in [4.78, 5) is 0. The monoisotopic (exact) mass is 267 g/mol. The smallest absolute Gasteiger partial charge is 0.0687 e. The Labute approximate surface area is 119 Å². The van der Waals surface area contributed by atoms with Crippen LogP contribution in [0.3, 0.4) is 0 Å². The molecule has 1 N–H and O–H groups in total. The zero-order chi connectivity index (χ0) is 13.7. The summed E-state index contributed by atoms with van der Waals surface area (Å²) in [5, 5.41) is 3.54. The van der Waals surface area contributed by atoms with Crippen LogP contribution in [0.1, 0.15) is 78.6 Å². The summed E-state index contributed by atoms with van der Waals surface area (Å²) in [5.74, 6) is 0.772. The lowest BCUT2D eigenvalue weighted by molar-refractivity contribution is -0.0668. The third-order valence-electron chi connectivity index (χ3n) is 4.96. The number of hydrogen-bond donors (Lipinski definition) is 1. The second-order valence-corrected chi connectivity index (χ2v) is 7.27. The summed E-state index contributed by atoms with van der Waals surface area (Å²) < 4.78 is 6.45. The molecule has 1 aliphatic heterocycles. The topological polar surface area (TPSA) is 21.3 Å². The second-order valence-electron chi connectivity index (χ2n) is 7.27. The fraction of sp³-hybridized carbons (Fsp3) is 1.00. The van der Waals surface area contributed by atoms with E-state index in [4.69, 9.17) is 4.74 Å². The van der Waals surface area contributed by atoms with E-state index in [9.17, 15) is 0 Å². The van der Waals surface area contributed by atoms with Gasteiger partial charge in [0.25, 0.3) is 0 Å². The van der Waals surface area contributed by atoms with Crippen LogP contribution >= 0.6 is 0 Å². The van der Waals surface area contributed by atoms with Gasteiger partial charge in [0.2, 0.25) is 0 Å². The van der Waals surface area contributed by atoms with Gasteiger partial charge in [-0.3, -0.25) is 0 Å². The van der Waals surface area contributed by atoms with Crippen LogP contribution in [0.2, 0.25) is 0 Å². The highest BCUT2D eigenvalue weighted by molar-refractivity contribution is 4.91. The normalized spacial score (nSPS) is 28.1. The van der Waals surface area contributed by atoms with Gasteiger partial charge >= 0.3 is 0 Å². The van der Waals surface area contributed by atoms with Crippen LogP contribution in [0.15, 0.2) is 0 Å². The Bertz CT molecular complexity index is 258. The first kappa shape index (κ1) is 15.3. The van der Waals surface area contributed by atoms with Gasteiger partial charge < -0.3 is 10.1 Å². The Kier molecular flexibility index (Phi) is 5.70. The molecule has 112 valence electrons. The Hall–Kier alpha value is -0.0800. The molecule has 19 heavy (non-hydrogen) atoms. The first-order valence-corrected chi connectivity index (χ1v) is 8.51. The van der Waals surface area contributed by atoms with E-state index >= 15 is 0 Å². The number of nitrogens with one attached hydrogen (secondary N) is 1. The van der Waals surface area contributed by atoms with E-state index in [0.717, 1.165) is 12.5 Å². The molecule has 2 fully saturated rings. The fourth-order valence-electron chi connectivity index (χ4n) is 3.67. The van der Waals surface area contributed by atoms with Crippen molar-refractivity contribution in [2.24, 2.45) is 5.92 Å². The lowest BCUT2D eigenvalue weighted by Crippen LogP contribution is -2.32. The predicted octanol–water partition coefficient (Wildman–Crippen LogP) is 4.28. The number of rotatable bonds is 6. The third-order valence-corrected chi connectivity index (χ3v) is 4.96. The highest BCUT2D eigenvalue weighted by atomic mass is 16.5. The second kappa shape index (κ2) is 7.08. The minimum Gasteiger partial charge on any atom is -0.372 e. The minimum atomic E-state index is 0.308. The molecule has 1 saturated carbocycles. The molecule has 1 aliphatic carbocycles. The van der Waals surface area contributed by atoms with Crippen molar-refractivity contribution in [3.63, 3.8) is 0 Å². The van der Waals surface area contributed by atoms with E-state index in [1.807, 2.05) is 0 Å². The maximum absolute atomic E-state index is 6.45. The maximum Gasteiger partial charge on any atom is 0.0687 e. The zero-order valence-corrected chi connectivity index (χ0v) is 13.2. The molecule has 2 unspecified atom stereocenters. The van der Waals surface area contributed by atoms with Crippen LogP contribution in [-0.4, -0.2) is 24.3 Å². The largest absolute Gasteiger partial charge is 0.372 e. The average molecular weight is 267 g/mol. The number of hydrogen-bond acceptors (Lipinski definition) is 2. The average Bonchev–Trinajstić information content (AvgIpc) is 2.78. The predicted molar refractivity (Wildman–Crippen MR) is 81.5 cm³/mol. The Morgan fingerprint density at radius 1 is 1.11 bits per heavy atom. The Morgan fingerprint density at radius 2 is 1.84 bits per heavy atom. The van der Waals surface area contributed by atoms with Crippen LogP contribution in [0.4, 0.5) is 0 Å². The van der Waals surface area contributed by atoms with Crippen LogP contribution in [0.25, 0.3) is 0 Å². The van der Waals surface area contributed by atoms with Gasteiger partial charge in [0, 0.05) is 6.04 Å². The van der Waals surface area contributed by atoms with E-state index in [-0.39, 0.29) is 0 Å². The molecule has 0 bridgehead atoms. The molecule has 2 atom stereocenters. The lowest BCUT2D eigenvalue weighted by atomic mass is 9.83. The van der Waals surface area contributed by atoms with Crippen molar-refractivity contribution >= 4 is 0 Å². The molecule has 0 aromatic carbocycles. The van der Waals surface area contributed by atoms with Crippen molar-refractivity contribution in [2.45, 2.75) is 96.3 Å². The zero-order valence-electron chi connectivity index (χ0n) is 13.2. The molecular weight excluding hydrogens is 234 g/mol. The molecule has 2 rings (SSSR count). The minimum absolute atomic E-state index is 0.308. The van der Waals surface area contributed by atoms with E-state index in [1.54, 1.807) is 0 Å². The van der Waals surface area contributed by atoms with E-state index in [1.165, 1.54) is 57.8 Å². The molecule has 2 aliphatic rings. The molecule has 1 heterocycles. The van der Waals surface area contributed by atoms with E-state index < -0.39 is 0 Å². The standard InChI is InChI=1S/C17H33NO/c1-14(2)18-13-15(3)7-8-16-9-12-17(19-16)10-5-4-6-11-17/h14-16,18H,4-13H2,1-3H3. The van der Waals surface area contributed by atoms with Crippen LogP contribution < -0.4 is 5.32 Å². The van der Waals surface area contributed by atoms with Crippen molar-refractivity contribution in [3.05, 3.63) is 0 Å². The van der Waals surface area contributed by atoms with Crippen molar-refractivity contribution in [3.8, 4) is 0 Å². The summed E-state index contributed by atoms with van der Waals surface area (Å²) in [6, 6.07) is 0.607. The molecule has 0 radical (unpaired) electrons. The summed E-state index contributed by atoms with van der Waals surface area (Å²) in [7, 11) is 0. The van der Waals surface area contributed by atoms with Crippen molar-refractivity contribution in [1.82, 2.24) is 5.32 Å². The first-order chi connectivity index (χ1) is 9.10. The quantitative estimate of drug-likeness (QED) is 0.775. The fourth-order valence-corrected chi connectivity index (χ4v) is 3.67. The Balaban J connectivity index is 1.64.